The highest BCUT2D eigenvalue weighted by molar-refractivity contribution is 5.77. The Kier molecular flexibility index (Phi) is 26.0. The van der Waals surface area contributed by atoms with Gasteiger partial charge in [0.25, 0.3) is 0 Å². The first kappa shape index (κ1) is 69.1. The SMILES string of the molecule is CCC(C)(C)C(=O)OC1CC2CC1C1C3CCC(C3)C21.CCC(C)(C)C(=O)OC1CC2CCC1(C)C2(C)C.CCC(C)(C)C(=O)OCCO.CCC(C)c1ccc(O)cc1.CCC(C)c1ccc(O)cc1.CCC(C)c1ccccc1. The summed E-state index contributed by atoms with van der Waals surface area (Å²) in [4.78, 5) is 35.7. The zero-order valence-electron chi connectivity index (χ0n) is 54.0. The fourth-order valence-electron chi connectivity index (χ4n) is 13.4. The molecule has 0 saturated heterocycles. The van der Waals surface area contributed by atoms with Gasteiger partial charge in [-0.2, -0.15) is 0 Å². The van der Waals surface area contributed by atoms with Crippen LogP contribution in [0.3, 0.4) is 0 Å². The van der Waals surface area contributed by atoms with Crippen molar-refractivity contribution in [1.82, 2.24) is 0 Å². The van der Waals surface area contributed by atoms with Gasteiger partial charge in [0.1, 0.15) is 30.3 Å². The minimum atomic E-state index is -0.421. The lowest BCUT2D eigenvalue weighted by atomic mass is 9.70. The Hall–Kier alpha value is -4.37. The Labute approximate surface area is 492 Å². The first-order chi connectivity index (χ1) is 38.0. The number of hydrogen-bond donors (Lipinski definition) is 3. The van der Waals surface area contributed by atoms with Crippen molar-refractivity contribution in [3.8, 4) is 11.5 Å². The predicted molar refractivity (Wildman–Crippen MR) is 332 cm³/mol. The van der Waals surface area contributed by atoms with E-state index in [9.17, 15) is 14.4 Å². The quantitative estimate of drug-likeness (QED) is 0.0727. The number of aliphatic hydroxyl groups is 1. The topological polar surface area (TPSA) is 140 Å². The largest absolute Gasteiger partial charge is 0.508 e. The van der Waals surface area contributed by atoms with E-state index in [1.807, 2.05) is 79.7 Å². The van der Waals surface area contributed by atoms with Crippen molar-refractivity contribution in [1.29, 1.82) is 0 Å². The standard InChI is InChI=1S/C18H28O2.C16H28O2.2C10H14O.C10H14.C8H16O3/c1-4-18(2,3)17(19)20-14-9-12-8-13(14)16-11-6-5-10(7-11)15(12)16;1-7-14(2,3)13(17)18-12-10-11-8-9-16(12,6)15(11,4)5;2*1-3-8(2)9-4-6-10(11)7-5-9;1-3-9(2)10-7-5-4-6-8-10;1-4-8(2,3)7(10)11-6-5-9/h10-16H,4-9H2,1-3H3;11-12H,7-10H2,1-6H3;2*4-8,11H,3H2,1-2H3;4-9H,3H2,1-2H3;9H,4-6H2,1-3H3. The second-order valence-electron chi connectivity index (χ2n) is 27.9. The van der Waals surface area contributed by atoms with Gasteiger partial charge in [0, 0.05) is 5.41 Å². The summed E-state index contributed by atoms with van der Waals surface area (Å²) in [7, 11) is 0. The fourth-order valence-corrected chi connectivity index (χ4v) is 13.4. The van der Waals surface area contributed by atoms with Gasteiger partial charge in [0.05, 0.1) is 22.9 Å². The van der Waals surface area contributed by atoms with E-state index in [1.165, 1.54) is 68.1 Å². The third kappa shape index (κ3) is 17.6. The van der Waals surface area contributed by atoms with Crippen LogP contribution in [-0.2, 0) is 28.6 Å². The molecule has 0 amide bonds. The Morgan fingerprint density at radius 3 is 1.38 bits per heavy atom. The van der Waals surface area contributed by atoms with Gasteiger partial charge in [0.15, 0.2) is 0 Å². The molecule has 3 aromatic rings. The lowest BCUT2D eigenvalue weighted by Crippen LogP contribution is -2.40. The molecule has 0 heterocycles. The van der Waals surface area contributed by atoms with Crippen LogP contribution in [0.4, 0.5) is 0 Å². The second kappa shape index (κ2) is 30.4. The van der Waals surface area contributed by atoms with Gasteiger partial charge in [-0.15, -0.1) is 0 Å². The van der Waals surface area contributed by atoms with Crippen LogP contribution in [0, 0.1) is 68.5 Å². The van der Waals surface area contributed by atoms with Crippen molar-refractivity contribution >= 4 is 17.9 Å². The summed E-state index contributed by atoms with van der Waals surface area (Å²) in [5.74, 6) is 8.60. The number of phenols is 2. The number of carbonyl (C=O) groups excluding carboxylic acids is 3. The Morgan fingerprint density at radius 1 is 0.543 bits per heavy atom. The maximum absolute atomic E-state index is 12.4. The molecular weight excluding hydrogens is 1010 g/mol. The van der Waals surface area contributed by atoms with Crippen molar-refractivity contribution < 1.29 is 43.9 Å². The number of benzene rings is 3. The summed E-state index contributed by atoms with van der Waals surface area (Å²) in [5, 5.41) is 26.4. The molecule has 0 aromatic heterocycles. The Morgan fingerprint density at radius 2 is 0.975 bits per heavy atom. The maximum atomic E-state index is 12.4. The number of rotatable bonds is 16. The molecule has 6 aliphatic carbocycles. The molecule has 0 radical (unpaired) electrons. The van der Waals surface area contributed by atoms with Crippen molar-refractivity contribution in [2.45, 2.75) is 244 Å². The van der Waals surface area contributed by atoms with E-state index in [2.05, 4.69) is 99.6 Å². The van der Waals surface area contributed by atoms with Crippen LogP contribution in [0.2, 0.25) is 0 Å². The summed E-state index contributed by atoms with van der Waals surface area (Å²) in [6.45, 7) is 37.9. The number of aliphatic hydroxyl groups excluding tert-OH is 1. The molecular formula is C72H114O9. The highest BCUT2D eigenvalue weighted by atomic mass is 16.6. The third-order valence-electron chi connectivity index (χ3n) is 21.7. The van der Waals surface area contributed by atoms with Crippen LogP contribution in [0.1, 0.15) is 249 Å². The molecule has 6 aliphatic rings. The first-order valence-electron chi connectivity index (χ1n) is 31.8. The van der Waals surface area contributed by atoms with E-state index in [-0.39, 0.29) is 59.6 Å². The number of ether oxygens (including phenoxy) is 3. The maximum Gasteiger partial charge on any atom is 0.311 e. The molecule has 13 unspecified atom stereocenters. The third-order valence-corrected chi connectivity index (χ3v) is 21.7. The number of carbonyl (C=O) groups is 3. The fraction of sp³-hybridized carbons (Fsp3) is 0.708. The number of hydrogen-bond acceptors (Lipinski definition) is 9. The van der Waals surface area contributed by atoms with Crippen LogP contribution >= 0.6 is 0 Å². The monoisotopic (exact) mass is 1120 g/mol. The number of fused-ring (bicyclic) bond motifs is 11. The lowest BCUT2D eigenvalue weighted by Gasteiger charge is -2.39. The molecule has 3 N–H and O–H groups in total. The van der Waals surface area contributed by atoms with Crippen LogP contribution in [0.25, 0.3) is 0 Å². The summed E-state index contributed by atoms with van der Waals surface area (Å²) in [6, 6.07) is 25.5. The normalized spacial score (nSPS) is 27.1. The van der Waals surface area contributed by atoms with E-state index in [0.29, 0.717) is 40.6 Å². The lowest BCUT2D eigenvalue weighted by molar-refractivity contribution is -0.167. The molecule has 6 bridgehead atoms. The summed E-state index contributed by atoms with van der Waals surface area (Å²) in [5.41, 5.74) is 3.46. The van der Waals surface area contributed by atoms with E-state index in [0.717, 1.165) is 74.0 Å². The van der Waals surface area contributed by atoms with Gasteiger partial charge >= 0.3 is 17.9 Å². The molecule has 13 atom stereocenters. The Bertz CT molecular complexity index is 2300. The zero-order valence-corrected chi connectivity index (χ0v) is 54.0. The number of esters is 3. The average Bonchev–Trinajstić information content (AvgIpc) is 4.41. The highest BCUT2D eigenvalue weighted by Crippen LogP contribution is 2.68. The van der Waals surface area contributed by atoms with Crippen LogP contribution < -0.4 is 0 Å². The van der Waals surface area contributed by atoms with Crippen molar-refractivity contribution in [3.63, 3.8) is 0 Å². The van der Waals surface area contributed by atoms with Crippen molar-refractivity contribution in [2.24, 2.45) is 68.5 Å². The van der Waals surface area contributed by atoms with Gasteiger partial charge in [-0.1, -0.05) is 138 Å². The summed E-state index contributed by atoms with van der Waals surface area (Å²) in [6.07, 6.45) is 16.9. The molecule has 456 valence electrons. The summed E-state index contributed by atoms with van der Waals surface area (Å²) >= 11 is 0. The van der Waals surface area contributed by atoms with Crippen molar-refractivity contribution in [3.05, 3.63) is 95.6 Å². The van der Waals surface area contributed by atoms with Gasteiger partial charge < -0.3 is 29.5 Å². The summed E-state index contributed by atoms with van der Waals surface area (Å²) < 4.78 is 16.6. The molecule has 81 heavy (non-hydrogen) atoms. The molecule has 9 rings (SSSR count). The van der Waals surface area contributed by atoms with Crippen LogP contribution in [0.15, 0.2) is 78.9 Å². The highest BCUT2D eigenvalue weighted by Gasteiger charge is 2.64. The van der Waals surface area contributed by atoms with E-state index < -0.39 is 5.41 Å². The van der Waals surface area contributed by atoms with Gasteiger partial charge in [-0.25, -0.2) is 0 Å². The van der Waals surface area contributed by atoms with E-state index in [4.69, 9.17) is 29.5 Å². The Balaban J connectivity index is 0.000000214. The van der Waals surface area contributed by atoms with Crippen molar-refractivity contribution in [2.75, 3.05) is 13.2 Å². The molecule has 9 heteroatoms. The average molecular weight is 1120 g/mol. The van der Waals surface area contributed by atoms with Gasteiger partial charge in [-0.3, -0.25) is 14.4 Å². The minimum absolute atomic E-state index is 0.0143. The van der Waals surface area contributed by atoms with E-state index in [1.54, 1.807) is 24.3 Å². The molecule has 0 spiro atoms. The smallest absolute Gasteiger partial charge is 0.311 e. The van der Waals surface area contributed by atoms with E-state index >= 15 is 0 Å². The minimum Gasteiger partial charge on any atom is -0.508 e. The number of aromatic hydroxyl groups is 2. The molecule has 9 nitrogen and oxygen atoms in total. The zero-order chi connectivity index (χ0) is 60.7. The van der Waals surface area contributed by atoms with Gasteiger partial charge in [-0.05, 0) is 237 Å². The number of phenolic OH excluding ortho intramolecular Hbond substituents is 2. The molecule has 0 aliphatic heterocycles. The van der Waals surface area contributed by atoms with Crippen LogP contribution in [0.5, 0.6) is 11.5 Å². The molecule has 6 fully saturated rings. The van der Waals surface area contributed by atoms with Gasteiger partial charge in [0.2, 0.25) is 0 Å². The second-order valence-corrected chi connectivity index (χ2v) is 27.9. The van der Waals surface area contributed by atoms with Crippen LogP contribution in [-0.4, -0.2) is 58.6 Å². The first-order valence-corrected chi connectivity index (χ1v) is 31.8. The predicted octanol–water partition coefficient (Wildman–Crippen LogP) is 18.2. The molecule has 6 saturated carbocycles. The molecule has 3 aromatic carbocycles.